The van der Waals surface area contributed by atoms with Gasteiger partial charge in [-0.2, -0.15) is 0 Å². The van der Waals surface area contributed by atoms with Crippen LogP contribution in [-0.4, -0.2) is 5.09 Å². The molecule has 0 saturated heterocycles. The smallest absolute Gasteiger partial charge is 0.356 e. The SMILES string of the molecule is O=[N+]([O-])[O-].[Ag+].[Fe]. The van der Waals surface area contributed by atoms with Crippen molar-refractivity contribution in [2.45, 2.75) is 0 Å². The molecule has 0 radical (unpaired) electrons. The molecule has 0 fully saturated rings. The zero-order valence-electron chi connectivity index (χ0n) is 2.33. The molecule has 0 spiro atoms. The van der Waals surface area contributed by atoms with Crippen LogP contribution in [0.5, 0.6) is 0 Å². The fourth-order valence-corrected chi connectivity index (χ4v) is 0. The van der Waals surface area contributed by atoms with Crippen molar-refractivity contribution >= 4 is 0 Å². The molecule has 0 unspecified atom stereocenters. The van der Waals surface area contributed by atoms with Crippen LogP contribution in [0.4, 0.5) is 0 Å². The maximum absolute atomic E-state index is 8.25. The molecule has 6 heavy (non-hydrogen) atoms. The van der Waals surface area contributed by atoms with Gasteiger partial charge in [0.2, 0.25) is 0 Å². The minimum atomic E-state index is -1.75. The molecule has 0 atom stereocenters. The molecule has 6 heteroatoms. The van der Waals surface area contributed by atoms with Crippen LogP contribution in [0.3, 0.4) is 0 Å². The minimum Gasteiger partial charge on any atom is -0.356 e. The predicted molar refractivity (Wildman–Crippen MR) is 10.4 cm³/mol. The molecule has 0 saturated carbocycles. The van der Waals surface area contributed by atoms with E-state index in [-0.39, 0.29) is 39.4 Å². The third-order valence-electron chi connectivity index (χ3n) is 0. The minimum absolute atomic E-state index is 0. The first kappa shape index (κ1) is 16.1. The summed E-state index contributed by atoms with van der Waals surface area (Å²) in [7, 11) is 0. The van der Waals surface area contributed by atoms with E-state index in [1.54, 1.807) is 0 Å². The summed E-state index contributed by atoms with van der Waals surface area (Å²) in [6, 6.07) is 0. The van der Waals surface area contributed by atoms with Crippen molar-refractivity contribution in [1.82, 2.24) is 0 Å². The van der Waals surface area contributed by atoms with E-state index >= 15 is 0 Å². The van der Waals surface area contributed by atoms with Crippen LogP contribution in [0.25, 0.3) is 0 Å². The summed E-state index contributed by atoms with van der Waals surface area (Å²) in [4.78, 5) is 8.25. The van der Waals surface area contributed by atoms with Crippen molar-refractivity contribution in [3.63, 3.8) is 0 Å². The van der Waals surface area contributed by atoms with Gasteiger partial charge in [0.25, 0.3) is 0 Å². The standard InChI is InChI=1S/Ag.Fe.NO3/c;;2-1(3)4/q+1;;-1. The number of nitrogens with zero attached hydrogens (tertiary/aromatic N) is 1. The molecule has 42 valence electrons. The van der Waals surface area contributed by atoms with Crippen molar-refractivity contribution in [2.24, 2.45) is 0 Å². The van der Waals surface area contributed by atoms with E-state index in [0.29, 0.717) is 0 Å². The molecule has 0 aliphatic carbocycles. The van der Waals surface area contributed by atoms with Gasteiger partial charge in [-0.25, -0.2) is 0 Å². The van der Waals surface area contributed by atoms with Gasteiger partial charge in [0, 0.05) is 17.1 Å². The molecular formula is AgFeNO3. The van der Waals surface area contributed by atoms with Gasteiger partial charge in [-0.1, -0.05) is 0 Å². The van der Waals surface area contributed by atoms with Gasteiger partial charge in [-0.15, -0.1) is 0 Å². The largest absolute Gasteiger partial charge is 1.00 e. The second kappa shape index (κ2) is 9.07. The molecule has 0 N–H and O–H groups in total. The van der Waals surface area contributed by atoms with Gasteiger partial charge in [0.05, 0.1) is 5.09 Å². The summed E-state index contributed by atoms with van der Waals surface area (Å²) in [6.07, 6.45) is 0. The van der Waals surface area contributed by atoms with Crippen LogP contribution in [0.15, 0.2) is 0 Å². The average molecular weight is 226 g/mol. The molecule has 0 aliphatic heterocycles. The van der Waals surface area contributed by atoms with Gasteiger partial charge in [0.15, 0.2) is 0 Å². The van der Waals surface area contributed by atoms with E-state index in [9.17, 15) is 0 Å². The summed E-state index contributed by atoms with van der Waals surface area (Å²) in [5.41, 5.74) is 0. The van der Waals surface area contributed by atoms with Gasteiger partial charge in [-0.3, -0.25) is 0 Å². The second-order valence-corrected chi connectivity index (χ2v) is 0.224. The molecule has 0 bridgehead atoms. The Balaban J connectivity index is -0.0000000450. The van der Waals surface area contributed by atoms with Gasteiger partial charge in [0.1, 0.15) is 0 Å². The first-order chi connectivity index (χ1) is 1.73. The van der Waals surface area contributed by atoms with Gasteiger partial charge < -0.3 is 15.3 Å². The van der Waals surface area contributed by atoms with E-state index in [1.165, 1.54) is 0 Å². The molecule has 0 aromatic rings. The Labute approximate surface area is 60.0 Å². The van der Waals surface area contributed by atoms with Gasteiger partial charge >= 0.3 is 22.4 Å². The van der Waals surface area contributed by atoms with Crippen molar-refractivity contribution in [3.05, 3.63) is 15.3 Å². The third-order valence-corrected chi connectivity index (χ3v) is 0. The maximum atomic E-state index is 8.25. The van der Waals surface area contributed by atoms with Gasteiger partial charge in [-0.05, 0) is 0 Å². The number of hydrogen-bond donors (Lipinski definition) is 0. The maximum Gasteiger partial charge on any atom is 1.00 e. The zero-order chi connectivity index (χ0) is 3.58. The third kappa shape index (κ3) is 253. The first-order valence-corrected chi connectivity index (χ1v) is 0.548. The van der Waals surface area contributed by atoms with Crippen molar-refractivity contribution < 1.29 is 44.5 Å². The quantitative estimate of drug-likeness (QED) is 0.325. The van der Waals surface area contributed by atoms with Crippen LogP contribution in [0, 0.1) is 15.3 Å². The number of hydrogen-bond acceptors (Lipinski definition) is 3. The van der Waals surface area contributed by atoms with Crippen LogP contribution in [0.1, 0.15) is 0 Å². The summed E-state index contributed by atoms with van der Waals surface area (Å²) in [5, 5.41) is 14.8. The molecular weight excluding hydrogens is 226 g/mol. The Bertz CT molecular complexity index is 33.8. The zero-order valence-corrected chi connectivity index (χ0v) is 4.91. The van der Waals surface area contributed by atoms with Crippen LogP contribution >= 0.6 is 0 Å². The van der Waals surface area contributed by atoms with E-state index in [4.69, 9.17) is 15.3 Å². The molecule has 0 amide bonds. The van der Waals surface area contributed by atoms with E-state index in [1.807, 2.05) is 0 Å². The summed E-state index contributed by atoms with van der Waals surface area (Å²) in [5.74, 6) is 0. The van der Waals surface area contributed by atoms with Crippen LogP contribution in [0.2, 0.25) is 0 Å². The van der Waals surface area contributed by atoms with Crippen molar-refractivity contribution in [2.75, 3.05) is 0 Å². The fraction of sp³-hybridized carbons (Fsp3) is 0. The normalized spacial score (nSPS) is 4.00. The Morgan fingerprint density at radius 2 is 1.33 bits per heavy atom. The summed E-state index contributed by atoms with van der Waals surface area (Å²) in [6.45, 7) is 0. The predicted octanol–water partition coefficient (Wildman–Crippen LogP) is -0.244. The van der Waals surface area contributed by atoms with E-state index < -0.39 is 5.09 Å². The summed E-state index contributed by atoms with van der Waals surface area (Å²) < 4.78 is 0. The fourth-order valence-electron chi connectivity index (χ4n) is 0. The number of rotatable bonds is 0. The monoisotopic (exact) mass is 225 g/mol. The molecule has 0 heterocycles. The topological polar surface area (TPSA) is 66.2 Å². The Morgan fingerprint density at radius 3 is 1.33 bits per heavy atom. The second-order valence-electron chi connectivity index (χ2n) is 0.224. The van der Waals surface area contributed by atoms with E-state index in [0.717, 1.165) is 0 Å². The van der Waals surface area contributed by atoms with Crippen molar-refractivity contribution in [3.8, 4) is 0 Å². The summed E-state index contributed by atoms with van der Waals surface area (Å²) >= 11 is 0. The molecule has 0 rings (SSSR count). The Kier molecular flexibility index (Phi) is 24.3. The van der Waals surface area contributed by atoms with E-state index in [2.05, 4.69) is 0 Å². The van der Waals surface area contributed by atoms with Crippen molar-refractivity contribution in [1.29, 1.82) is 0 Å². The molecule has 0 aliphatic rings. The Hall–Kier alpha value is 0.460. The molecule has 4 nitrogen and oxygen atoms in total. The Morgan fingerprint density at radius 1 is 1.33 bits per heavy atom. The molecule has 0 aromatic heterocycles. The van der Waals surface area contributed by atoms with Crippen LogP contribution < -0.4 is 0 Å². The average Bonchev–Trinajstić information content (AvgIpc) is 0.811. The van der Waals surface area contributed by atoms with Crippen LogP contribution in [-0.2, 0) is 39.4 Å². The first-order valence-electron chi connectivity index (χ1n) is 0.548. The molecule has 0 aromatic carbocycles.